The molecular formula is C16H20O3. The minimum absolute atomic E-state index is 0.142. The standard InChI is InChI=1S/C9H10.C7H10O3/c1-8(2)9-6-4-3-5-7-9;1-5(2)7(8)10-4-6-3-9-6/h3-7H,1H2,2H3;6H,1,3-4H2,2H3. The van der Waals surface area contributed by atoms with Crippen molar-refractivity contribution in [3.63, 3.8) is 0 Å². The minimum atomic E-state index is -0.337. The molecule has 0 amide bonds. The molecule has 0 radical (unpaired) electrons. The number of esters is 1. The van der Waals surface area contributed by atoms with E-state index < -0.39 is 0 Å². The molecule has 0 bridgehead atoms. The third-order valence-corrected chi connectivity index (χ3v) is 2.42. The lowest BCUT2D eigenvalue weighted by molar-refractivity contribution is -0.139. The molecular weight excluding hydrogens is 240 g/mol. The molecule has 3 nitrogen and oxygen atoms in total. The summed E-state index contributed by atoms with van der Waals surface area (Å²) in [4.78, 5) is 10.7. The number of benzene rings is 1. The van der Waals surface area contributed by atoms with Gasteiger partial charge in [-0.1, -0.05) is 49.1 Å². The smallest absolute Gasteiger partial charge is 0.333 e. The van der Waals surface area contributed by atoms with Gasteiger partial charge in [0.25, 0.3) is 0 Å². The van der Waals surface area contributed by atoms with E-state index in [9.17, 15) is 4.79 Å². The third kappa shape index (κ3) is 6.58. The van der Waals surface area contributed by atoms with Gasteiger partial charge >= 0.3 is 5.97 Å². The van der Waals surface area contributed by atoms with Crippen LogP contribution in [0.25, 0.3) is 5.57 Å². The van der Waals surface area contributed by atoms with E-state index in [0.29, 0.717) is 18.8 Å². The third-order valence-electron chi connectivity index (χ3n) is 2.42. The average Bonchev–Trinajstić information content (AvgIpc) is 3.21. The van der Waals surface area contributed by atoms with Crippen LogP contribution in [-0.4, -0.2) is 25.3 Å². The van der Waals surface area contributed by atoms with Crippen LogP contribution in [0.15, 0.2) is 49.1 Å². The van der Waals surface area contributed by atoms with Crippen molar-refractivity contribution in [2.24, 2.45) is 0 Å². The van der Waals surface area contributed by atoms with Crippen LogP contribution in [0.1, 0.15) is 19.4 Å². The molecule has 102 valence electrons. The van der Waals surface area contributed by atoms with Crippen molar-refractivity contribution in [2.75, 3.05) is 13.2 Å². The Labute approximate surface area is 114 Å². The Kier molecular flexibility index (Phi) is 6.03. The van der Waals surface area contributed by atoms with E-state index in [2.05, 4.69) is 25.3 Å². The summed E-state index contributed by atoms with van der Waals surface area (Å²) in [5.41, 5.74) is 2.77. The number of hydrogen-bond donors (Lipinski definition) is 0. The summed E-state index contributed by atoms with van der Waals surface area (Å²) in [6, 6.07) is 10.2. The summed E-state index contributed by atoms with van der Waals surface area (Å²) in [6.07, 6.45) is 0.142. The van der Waals surface area contributed by atoms with Crippen molar-refractivity contribution in [3.8, 4) is 0 Å². The predicted molar refractivity (Wildman–Crippen MR) is 76.7 cm³/mol. The monoisotopic (exact) mass is 260 g/mol. The summed E-state index contributed by atoms with van der Waals surface area (Å²) < 4.78 is 9.60. The first-order chi connectivity index (χ1) is 9.00. The van der Waals surface area contributed by atoms with Gasteiger partial charge in [0.15, 0.2) is 0 Å². The molecule has 1 saturated heterocycles. The van der Waals surface area contributed by atoms with Crippen LogP contribution < -0.4 is 0 Å². The lowest BCUT2D eigenvalue weighted by Crippen LogP contribution is -2.09. The first kappa shape index (κ1) is 15.2. The number of allylic oxidation sites excluding steroid dienone is 1. The summed E-state index contributed by atoms with van der Waals surface area (Å²) in [6.45, 7) is 12.0. The highest BCUT2D eigenvalue weighted by Crippen LogP contribution is 2.09. The van der Waals surface area contributed by atoms with Gasteiger partial charge in [0, 0.05) is 5.57 Å². The molecule has 1 fully saturated rings. The number of ether oxygens (including phenoxy) is 2. The van der Waals surface area contributed by atoms with Gasteiger partial charge < -0.3 is 9.47 Å². The van der Waals surface area contributed by atoms with Crippen LogP contribution in [0, 0.1) is 0 Å². The van der Waals surface area contributed by atoms with Crippen LogP contribution in [0.4, 0.5) is 0 Å². The fourth-order valence-electron chi connectivity index (χ4n) is 1.18. The fourth-order valence-corrected chi connectivity index (χ4v) is 1.18. The first-order valence-electron chi connectivity index (χ1n) is 6.16. The molecule has 3 heteroatoms. The van der Waals surface area contributed by atoms with E-state index in [0.717, 1.165) is 5.57 Å². The fraction of sp³-hybridized carbons (Fsp3) is 0.312. The van der Waals surface area contributed by atoms with Crippen LogP contribution in [0.3, 0.4) is 0 Å². The lowest BCUT2D eigenvalue weighted by atomic mass is 10.1. The van der Waals surface area contributed by atoms with E-state index in [1.807, 2.05) is 25.1 Å². The largest absolute Gasteiger partial charge is 0.459 e. The molecule has 2 rings (SSSR count). The Morgan fingerprint density at radius 1 is 1.32 bits per heavy atom. The van der Waals surface area contributed by atoms with Gasteiger partial charge in [0.05, 0.1) is 6.61 Å². The molecule has 0 aliphatic carbocycles. The molecule has 1 aliphatic heterocycles. The normalized spacial score (nSPS) is 15.8. The second kappa shape index (κ2) is 7.54. The maximum Gasteiger partial charge on any atom is 0.333 e. The number of rotatable bonds is 4. The maximum atomic E-state index is 10.7. The predicted octanol–water partition coefficient (Wildman–Crippen LogP) is 3.22. The molecule has 0 spiro atoms. The zero-order valence-electron chi connectivity index (χ0n) is 11.5. The quantitative estimate of drug-likeness (QED) is 0.474. The number of hydrogen-bond acceptors (Lipinski definition) is 3. The summed E-state index contributed by atoms with van der Waals surface area (Å²) in [7, 11) is 0. The van der Waals surface area contributed by atoms with Crippen LogP contribution in [-0.2, 0) is 14.3 Å². The van der Waals surface area contributed by atoms with Crippen molar-refractivity contribution in [1.29, 1.82) is 0 Å². The zero-order chi connectivity index (χ0) is 14.3. The molecule has 1 aromatic rings. The van der Waals surface area contributed by atoms with Gasteiger partial charge in [-0.05, 0) is 19.4 Å². The van der Waals surface area contributed by atoms with Crippen LogP contribution in [0.5, 0.6) is 0 Å². The Hall–Kier alpha value is -1.87. The molecule has 0 aromatic heterocycles. The Morgan fingerprint density at radius 2 is 1.89 bits per heavy atom. The second-order valence-corrected chi connectivity index (χ2v) is 4.48. The summed E-state index contributed by atoms with van der Waals surface area (Å²) in [5.74, 6) is -0.337. The van der Waals surface area contributed by atoms with Crippen molar-refractivity contribution in [2.45, 2.75) is 20.0 Å². The van der Waals surface area contributed by atoms with Crippen molar-refractivity contribution < 1.29 is 14.3 Å². The average molecular weight is 260 g/mol. The Balaban J connectivity index is 0.000000191. The molecule has 1 aromatic carbocycles. The number of epoxide rings is 1. The van der Waals surface area contributed by atoms with Crippen molar-refractivity contribution in [3.05, 3.63) is 54.6 Å². The maximum absolute atomic E-state index is 10.7. The molecule has 1 aliphatic rings. The van der Waals surface area contributed by atoms with E-state index in [1.165, 1.54) is 5.56 Å². The van der Waals surface area contributed by atoms with Crippen LogP contribution >= 0.6 is 0 Å². The molecule has 1 unspecified atom stereocenters. The lowest BCUT2D eigenvalue weighted by Gasteiger charge is -1.99. The molecule has 19 heavy (non-hydrogen) atoms. The molecule has 1 atom stereocenters. The van der Waals surface area contributed by atoms with E-state index in [1.54, 1.807) is 6.92 Å². The van der Waals surface area contributed by atoms with Crippen molar-refractivity contribution in [1.82, 2.24) is 0 Å². The van der Waals surface area contributed by atoms with Gasteiger partial charge in [-0.3, -0.25) is 0 Å². The number of carbonyl (C=O) groups is 1. The summed E-state index contributed by atoms with van der Waals surface area (Å²) >= 11 is 0. The van der Waals surface area contributed by atoms with E-state index in [-0.39, 0.29) is 12.1 Å². The molecule has 0 N–H and O–H groups in total. The summed E-state index contributed by atoms with van der Waals surface area (Å²) in [5, 5.41) is 0. The van der Waals surface area contributed by atoms with E-state index >= 15 is 0 Å². The van der Waals surface area contributed by atoms with Gasteiger partial charge in [0.2, 0.25) is 0 Å². The van der Waals surface area contributed by atoms with Gasteiger partial charge in [-0.25, -0.2) is 4.79 Å². The minimum Gasteiger partial charge on any atom is -0.459 e. The molecule has 1 heterocycles. The van der Waals surface area contributed by atoms with Crippen LogP contribution in [0.2, 0.25) is 0 Å². The van der Waals surface area contributed by atoms with Gasteiger partial charge in [-0.2, -0.15) is 0 Å². The first-order valence-corrected chi connectivity index (χ1v) is 6.16. The highest BCUT2D eigenvalue weighted by atomic mass is 16.6. The second-order valence-electron chi connectivity index (χ2n) is 4.48. The topological polar surface area (TPSA) is 38.8 Å². The Morgan fingerprint density at radius 3 is 2.26 bits per heavy atom. The zero-order valence-corrected chi connectivity index (χ0v) is 11.5. The Bertz CT molecular complexity index is 444. The highest BCUT2D eigenvalue weighted by Gasteiger charge is 2.24. The van der Waals surface area contributed by atoms with Gasteiger partial charge in [0.1, 0.15) is 12.7 Å². The van der Waals surface area contributed by atoms with E-state index in [4.69, 9.17) is 9.47 Å². The highest BCUT2D eigenvalue weighted by molar-refractivity contribution is 5.86. The SMILES string of the molecule is C=C(C)C(=O)OCC1CO1.C=C(C)c1ccccc1. The molecule has 0 saturated carbocycles. The van der Waals surface area contributed by atoms with Crippen molar-refractivity contribution >= 4 is 11.5 Å². The van der Waals surface area contributed by atoms with Gasteiger partial charge in [-0.15, -0.1) is 0 Å². The number of carbonyl (C=O) groups excluding carboxylic acids is 1.